The Balaban J connectivity index is 0.000000163. The van der Waals surface area contributed by atoms with Crippen LogP contribution in [0, 0.1) is 19.1 Å². The number of pyridine rings is 2. The van der Waals surface area contributed by atoms with Gasteiger partial charge in [-0.05, 0) is 40.7 Å². The molecule has 0 N–H and O–H groups in total. The second kappa shape index (κ2) is 11.0. The minimum absolute atomic E-state index is 0. The summed E-state index contributed by atoms with van der Waals surface area (Å²) < 4.78 is 0. The van der Waals surface area contributed by atoms with Crippen LogP contribution in [0.3, 0.4) is 0 Å². The Morgan fingerprint density at radius 3 is 2.24 bits per heavy atom. The third-order valence-electron chi connectivity index (χ3n) is 5.59. The van der Waals surface area contributed by atoms with Crippen molar-refractivity contribution in [3.8, 4) is 22.4 Å². The van der Waals surface area contributed by atoms with Crippen LogP contribution < -0.4 is 0 Å². The van der Waals surface area contributed by atoms with Crippen LogP contribution in [0.1, 0.15) is 5.56 Å². The largest absolute Gasteiger partial charge is 0.304 e. The zero-order valence-electron chi connectivity index (χ0n) is 18.7. The van der Waals surface area contributed by atoms with E-state index in [2.05, 4.69) is 71.5 Å². The third kappa shape index (κ3) is 5.12. The van der Waals surface area contributed by atoms with Crippen molar-refractivity contribution in [2.75, 3.05) is 0 Å². The van der Waals surface area contributed by atoms with Crippen molar-refractivity contribution in [3.63, 3.8) is 0 Å². The summed E-state index contributed by atoms with van der Waals surface area (Å²) in [4.78, 5) is 8.93. The molecule has 0 bridgehead atoms. The Labute approximate surface area is 213 Å². The Bertz CT molecular complexity index is 1460. The summed E-state index contributed by atoms with van der Waals surface area (Å²) in [7, 11) is 0. The van der Waals surface area contributed by atoms with Crippen molar-refractivity contribution in [2.24, 2.45) is 0 Å². The molecule has 1 radical (unpaired) electrons. The van der Waals surface area contributed by atoms with Gasteiger partial charge in [0, 0.05) is 38.1 Å². The Kier molecular flexibility index (Phi) is 7.59. The molecule has 6 rings (SSSR count). The van der Waals surface area contributed by atoms with Crippen molar-refractivity contribution in [3.05, 3.63) is 133 Å². The van der Waals surface area contributed by atoms with E-state index in [9.17, 15) is 0 Å². The van der Waals surface area contributed by atoms with E-state index >= 15 is 0 Å². The molecule has 0 unspecified atom stereocenters. The monoisotopic (exact) mass is 615 g/mol. The first-order valence-electron chi connectivity index (χ1n) is 10.9. The molecule has 2 nitrogen and oxygen atoms in total. The van der Waals surface area contributed by atoms with Gasteiger partial charge in [-0.15, -0.1) is 70.9 Å². The van der Waals surface area contributed by atoms with Gasteiger partial charge >= 0.3 is 0 Å². The average molecular weight is 615 g/mol. The number of nitrogens with zero attached hydrogens (tertiary/aromatic N) is 2. The Morgan fingerprint density at radius 1 is 0.676 bits per heavy atom. The molecule has 0 aliphatic heterocycles. The number of aromatic nitrogens is 2. The molecule has 0 spiro atoms. The fraction of sp³-hybridized carbons (Fsp3) is 0.0323. The van der Waals surface area contributed by atoms with E-state index in [1.807, 2.05) is 73.1 Å². The normalized spacial score (nSPS) is 10.3. The zero-order valence-corrected chi connectivity index (χ0v) is 21.1. The van der Waals surface area contributed by atoms with Gasteiger partial charge in [0.2, 0.25) is 0 Å². The molecular weight excluding hydrogens is 593 g/mol. The van der Waals surface area contributed by atoms with Gasteiger partial charge in [-0.3, -0.25) is 0 Å². The van der Waals surface area contributed by atoms with Gasteiger partial charge in [-0.25, -0.2) is 0 Å². The molecule has 0 saturated carbocycles. The number of aryl methyl sites for hydroxylation is 1. The summed E-state index contributed by atoms with van der Waals surface area (Å²) >= 11 is 0. The van der Waals surface area contributed by atoms with Gasteiger partial charge in [-0.1, -0.05) is 54.6 Å². The molecular formula is C31H22IrN2-2. The van der Waals surface area contributed by atoms with Crippen LogP contribution in [-0.2, 0) is 20.1 Å². The minimum Gasteiger partial charge on any atom is -0.304 e. The molecule has 4 aromatic carbocycles. The summed E-state index contributed by atoms with van der Waals surface area (Å²) in [5.74, 6) is 0. The summed E-state index contributed by atoms with van der Waals surface area (Å²) in [5.41, 5.74) is 6.65. The molecule has 3 heteroatoms. The first-order chi connectivity index (χ1) is 16.3. The van der Waals surface area contributed by atoms with Crippen molar-refractivity contribution in [1.29, 1.82) is 0 Å². The fourth-order valence-electron chi connectivity index (χ4n) is 3.91. The standard InChI is InChI=1S/C18H14N.C13H8N.Ir/c1-14-12-18(16-10-6-3-7-11-16)19-13-17(14)15-8-4-2-5-9-15;1-2-6-12-10(4-1)7-8-11-5-3-9-14-13(11)12;/h2-10,12-13H,1H3;1-5,7-9H;/q2*-1;. The molecule has 167 valence electrons. The van der Waals surface area contributed by atoms with Crippen molar-refractivity contribution >= 4 is 21.7 Å². The molecule has 34 heavy (non-hydrogen) atoms. The van der Waals surface area contributed by atoms with E-state index in [1.54, 1.807) is 0 Å². The number of hydrogen-bond acceptors (Lipinski definition) is 2. The predicted molar refractivity (Wildman–Crippen MR) is 137 cm³/mol. The van der Waals surface area contributed by atoms with Crippen LogP contribution >= 0.6 is 0 Å². The maximum Gasteiger partial charge on any atom is 0.0242 e. The number of hydrogen-bond donors (Lipinski definition) is 0. The van der Waals surface area contributed by atoms with Crippen molar-refractivity contribution in [2.45, 2.75) is 6.92 Å². The molecule has 2 heterocycles. The van der Waals surface area contributed by atoms with Gasteiger partial charge in [0.1, 0.15) is 0 Å². The van der Waals surface area contributed by atoms with Crippen molar-refractivity contribution < 1.29 is 20.1 Å². The van der Waals surface area contributed by atoms with Gasteiger partial charge in [0.25, 0.3) is 0 Å². The topological polar surface area (TPSA) is 25.8 Å². The maximum absolute atomic E-state index is 4.55. The van der Waals surface area contributed by atoms with E-state index in [-0.39, 0.29) is 20.1 Å². The molecule has 0 atom stereocenters. The van der Waals surface area contributed by atoms with E-state index < -0.39 is 0 Å². The van der Waals surface area contributed by atoms with E-state index in [0.29, 0.717) is 0 Å². The molecule has 0 amide bonds. The molecule has 0 fully saturated rings. The average Bonchev–Trinajstić information content (AvgIpc) is 2.90. The number of benzene rings is 4. The second-order valence-electron chi connectivity index (χ2n) is 7.80. The first-order valence-corrected chi connectivity index (χ1v) is 10.9. The molecule has 0 aliphatic rings. The molecule has 0 saturated heterocycles. The van der Waals surface area contributed by atoms with Crippen molar-refractivity contribution in [1.82, 2.24) is 9.97 Å². The zero-order chi connectivity index (χ0) is 22.5. The fourth-order valence-corrected chi connectivity index (χ4v) is 3.91. The number of fused-ring (bicyclic) bond motifs is 3. The van der Waals surface area contributed by atoms with Crippen LogP contribution in [0.2, 0.25) is 0 Å². The van der Waals surface area contributed by atoms with Crippen LogP contribution in [-0.4, -0.2) is 9.97 Å². The molecule has 2 aromatic heterocycles. The summed E-state index contributed by atoms with van der Waals surface area (Å²) in [6, 6.07) is 41.1. The van der Waals surface area contributed by atoms with E-state index in [1.165, 1.54) is 27.5 Å². The van der Waals surface area contributed by atoms with Gasteiger partial charge in [0.15, 0.2) is 0 Å². The van der Waals surface area contributed by atoms with Crippen LogP contribution in [0.15, 0.2) is 116 Å². The quantitative estimate of drug-likeness (QED) is 0.148. The smallest absolute Gasteiger partial charge is 0.0242 e. The summed E-state index contributed by atoms with van der Waals surface area (Å²) in [6.07, 6.45) is 3.77. The van der Waals surface area contributed by atoms with E-state index in [0.717, 1.165) is 22.2 Å². The summed E-state index contributed by atoms with van der Waals surface area (Å²) in [6.45, 7) is 2.12. The maximum atomic E-state index is 4.55. The first kappa shape index (κ1) is 23.5. The van der Waals surface area contributed by atoms with E-state index in [4.69, 9.17) is 0 Å². The van der Waals surface area contributed by atoms with Crippen LogP contribution in [0.5, 0.6) is 0 Å². The van der Waals surface area contributed by atoms with Gasteiger partial charge in [-0.2, -0.15) is 0 Å². The third-order valence-corrected chi connectivity index (χ3v) is 5.59. The summed E-state index contributed by atoms with van der Waals surface area (Å²) in [5, 5.41) is 3.46. The van der Waals surface area contributed by atoms with Crippen LogP contribution in [0.25, 0.3) is 44.1 Å². The number of rotatable bonds is 2. The SMILES string of the molecule is Cc1cc(-c2[c-]cccc2)ncc1-c1ccccc1.[Ir].[c-]1cccc2ccc3cccnc3c12. The Hall–Kier alpha value is -3.65. The minimum atomic E-state index is 0. The molecule has 6 aromatic rings. The van der Waals surface area contributed by atoms with Crippen LogP contribution in [0.4, 0.5) is 0 Å². The van der Waals surface area contributed by atoms with Gasteiger partial charge in [0.05, 0.1) is 0 Å². The Morgan fingerprint density at radius 2 is 1.44 bits per heavy atom. The van der Waals surface area contributed by atoms with Gasteiger partial charge < -0.3 is 9.97 Å². The molecule has 0 aliphatic carbocycles. The second-order valence-corrected chi connectivity index (χ2v) is 7.80. The predicted octanol–water partition coefficient (Wildman–Crippen LogP) is 7.71.